The molecule has 108 valence electrons. The van der Waals surface area contributed by atoms with E-state index in [0.717, 1.165) is 48.8 Å². The van der Waals surface area contributed by atoms with Crippen molar-refractivity contribution in [3.05, 3.63) is 28.6 Å². The molecule has 0 saturated heterocycles. The summed E-state index contributed by atoms with van der Waals surface area (Å²) in [5, 5.41) is 8.67. The second-order valence-corrected chi connectivity index (χ2v) is 5.62. The zero-order chi connectivity index (χ0) is 14.3. The molecule has 0 unspecified atom stereocenters. The average molecular weight is 284 g/mol. The molecule has 1 aromatic rings. The number of rotatable bonds is 8. The van der Waals surface area contributed by atoms with Crippen LogP contribution in [0, 0.1) is 5.92 Å². The van der Waals surface area contributed by atoms with E-state index in [-0.39, 0.29) is 0 Å². The van der Waals surface area contributed by atoms with Crippen molar-refractivity contribution in [2.24, 2.45) is 13.0 Å². The minimum atomic E-state index is 0.713. The third-order valence-electron chi connectivity index (χ3n) is 3.02. The lowest BCUT2D eigenvalue weighted by atomic mass is 10.2. The normalized spacial score (nSPS) is 11.9. The summed E-state index contributed by atoms with van der Waals surface area (Å²) in [6.45, 7) is 8.64. The van der Waals surface area contributed by atoms with Crippen LogP contribution in [0.4, 0.5) is 0 Å². The van der Waals surface area contributed by atoms with E-state index in [4.69, 9.17) is 11.6 Å². The minimum Gasteiger partial charge on any atom is -0.316 e. The lowest BCUT2D eigenvalue weighted by molar-refractivity contribution is 0.556. The second kappa shape index (κ2) is 8.39. The zero-order valence-electron chi connectivity index (χ0n) is 12.5. The Bertz CT molecular complexity index is 408. The van der Waals surface area contributed by atoms with Gasteiger partial charge in [-0.15, -0.1) is 0 Å². The fraction of sp³-hybridized carbons (Fsp3) is 0.667. The summed E-state index contributed by atoms with van der Waals surface area (Å²) in [5.41, 5.74) is 2.09. The Hall–Kier alpha value is -0.800. The van der Waals surface area contributed by atoms with Crippen molar-refractivity contribution in [2.75, 3.05) is 13.1 Å². The number of hydrogen-bond acceptors (Lipinski definition) is 2. The molecule has 0 saturated carbocycles. The first-order chi connectivity index (χ1) is 9.06. The summed E-state index contributed by atoms with van der Waals surface area (Å²) in [6, 6.07) is 0. The Morgan fingerprint density at radius 1 is 1.37 bits per heavy atom. The van der Waals surface area contributed by atoms with Gasteiger partial charge in [0, 0.05) is 13.5 Å². The van der Waals surface area contributed by atoms with Gasteiger partial charge in [0.05, 0.1) is 16.4 Å². The van der Waals surface area contributed by atoms with Crippen LogP contribution in [-0.2, 0) is 19.9 Å². The molecule has 0 atom stereocenters. The first-order valence-electron chi connectivity index (χ1n) is 7.12. The smallest absolute Gasteiger partial charge is 0.0852 e. The van der Waals surface area contributed by atoms with E-state index in [0.29, 0.717) is 5.92 Å². The molecule has 0 aliphatic heterocycles. The summed E-state index contributed by atoms with van der Waals surface area (Å²) in [4.78, 5) is 0. The Kier molecular flexibility index (Phi) is 7.17. The van der Waals surface area contributed by atoms with E-state index >= 15 is 0 Å². The number of halogens is 1. The van der Waals surface area contributed by atoms with E-state index in [2.05, 4.69) is 43.3 Å². The topological polar surface area (TPSA) is 29.9 Å². The molecule has 0 fully saturated rings. The predicted molar refractivity (Wildman–Crippen MR) is 82.8 cm³/mol. The summed E-state index contributed by atoms with van der Waals surface area (Å²) in [6.07, 6.45) is 7.19. The molecule has 0 aliphatic rings. The largest absolute Gasteiger partial charge is 0.316 e. The SMILES string of the molecule is CCc1nn(C)c(CC=CCCNCC(C)C)c1Cl. The molecule has 0 bridgehead atoms. The summed E-state index contributed by atoms with van der Waals surface area (Å²) < 4.78 is 1.89. The van der Waals surface area contributed by atoms with Crippen molar-refractivity contribution in [3.8, 4) is 0 Å². The summed E-state index contributed by atoms with van der Waals surface area (Å²) in [5.74, 6) is 0.713. The quantitative estimate of drug-likeness (QED) is 0.586. The highest BCUT2D eigenvalue weighted by Gasteiger charge is 2.10. The maximum absolute atomic E-state index is 6.30. The van der Waals surface area contributed by atoms with Gasteiger partial charge in [0.15, 0.2) is 0 Å². The van der Waals surface area contributed by atoms with Crippen LogP contribution >= 0.6 is 11.6 Å². The zero-order valence-corrected chi connectivity index (χ0v) is 13.3. The number of nitrogens with one attached hydrogen (secondary N) is 1. The molecule has 0 amide bonds. The fourth-order valence-electron chi connectivity index (χ4n) is 1.93. The number of aromatic nitrogens is 2. The first kappa shape index (κ1) is 16.3. The van der Waals surface area contributed by atoms with Crippen LogP contribution in [0.3, 0.4) is 0 Å². The van der Waals surface area contributed by atoms with Crippen LogP contribution in [0.25, 0.3) is 0 Å². The van der Waals surface area contributed by atoms with Crippen molar-refractivity contribution < 1.29 is 0 Å². The number of nitrogens with zero attached hydrogens (tertiary/aromatic N) is 2. The molecule has 0 aromatic carbocycles. The monoisotopic (exact) mass is 283 g/mol. The van der Waals surface area contributed by atoms with Crippen LogP contribution in [-0.4, -0.2) is 22.9 Å². The predicted octanol–water partition coefficient (Wildman–Crippen LogP) is 3.37. The molecule has 3 nitrogen and oxygen atoms in total. The maximum Gasteiger partial charge on any atom is 0.0852 e. The Morgan fingerprint density at radius 2 is 2.11 bits per heavy atom. The second-order valence-electron chi connectivity index (χ2n) is 5.25. The van der Waals surface area contributed by atoms with Crippen LogP contribution in [0.2, 0.25) is 5.02 Å². The van der Waals surface area contributed by atoms with Crippen LogP contribution in [0.5, 0.6) is 0 Å². The van der Waals surface area contributed by atoms with Gasteiger partial charge in [-0.2, -0.15) is 5.10 Å². The molecule has 1 heterocycles. The molecule has 0 radical (unpaired) electrons. The van der Waals surface area contributed by atoms with Crippen molar-refractivity contribution in [3.63, 3.8) is 0 Å². The third-order valence-corrected chi connectivity index (χ3v) is 3.46. The highest BCUT2D eigenvalue weighted by atomic mass is 35.5. The molecule has 19 heavy (non-hydrogen) atoms. The fourth-order valence-corrected chi connectivity index (χ4v) is 2.30. The maximum atomic E-state index is 6.30. The molecule has 4 heteroatoms. The van der Waals surface area contributed by atoms with Gasteiger partial charge < -0.3 is 5.32 Å². The number of allylic oxidation sites excluding steroid dienone is 1. The minimum absolute atomic E-state index is 0.713. The summed E-state index contributed by atoms with van der Waals surface area (Å²) in [7, 11) is 1.96. The standard InChI is InChI=1S/C15H26ClN3/c1-5-13-15(16)14(19(4)18-13)9-7-6-8-10-17-11-12(2)3/h6-7,12,17H,5,8-11H2,1-4H3. The van der Waals surface area contributed by atoms with E-state index in [9.17, 15) is 0 Å². The van der Waals surface area contributed by atoms with Gasteiger partial charge in [0.25, 0.3) is 0 Å². The first-order valence-corrected chi connectivity index (χ1v) is 7.50. The van der Waals surface area contributed by atoms with E-state index in [1.54, 1.807) is 0 Å². The van der Waals surface area contributed by atoms with Crippen molar-refractivity contribution in [1.82, 2.24) is 15.1 Å². The van der Waals surface area contributed by atoms with Gasteiger partial charge >= 0.3 is 0 Å². The Morgan fingerprint density at radius 3 is 2.68 bits per heavy atom. The highest BCUT2D eigenvalue weighted by Crippen LogP contribution is 2.21. The number of aryl methyl sites for hydroxylation is 2. The number of hydrogen-bond donors (Lipinski definition) is 1. The van der Waals surface area contributed by atoms with Gasteiger partial charge in [-0.25, -0.2) is 0 Å². The molecular weight excluding hydrogens is 258 g/mol. The summed E-state index contributed by atoms with van der Waals surface area (Å²) >= 11 is 6.30. The molecule has 1 aromatic heterocycles. The van der Waals surface area contributed by atoms with E-state index < -0.39 is 0 Å². The highest BCUT2D eigenvalue weighted by molar-refractivity contribution is 6.31. The molecule has 0 aliphatic carbocycles. The lowest BCUT2D eigenvalue weighted by Gasteiger charge is -2.04. The Labute approximate surface area is 122 Å². The van der Waals surface area contributed by atoms with E-state index in [1.807, 2.05) is 11.7 Å². The van der Waals surface area contributed by atoms with Gasteiger partial charge in [0.1, 0.15) is 0 Å². The van der Waals surface area contributed by atoms with Gasteiger partial charge in [0.2, 0.25) is 0 Å². The molecule has 0 spiro atoms. The van der Waals surface area contributed by atoms with Gasteiger partial charge in [-0.1, -0.05) is 44.5 Å². The van der Waals surface area contributed by atoms with Gasteiger partial charge in [-0.05, 0) is 31.8 Å². The average Bonchev–Trinajstić information content (AvgIpc) is 2.64. The molecule has 1 N–H and O–H groups in total. The van der Waals surface area contributed by atoms with Crippen LogP contribution < -0.4 is 5.32 Å². The van der Waals surface area contributed by atoms with Gasteiger partial charge in [-0.3, -0.25) is 4.68 Å². The molecular formula is C15H26ClN3. The van der Waals surface area contributed by atoms with Crippen molar-refractivity contribution in [1.29, 1.82) is 0 Å². The third kappa shape index (κ3) is 5.37. The Balaban J connectivity index is 2.34. The molecule has 1 rings (SSSR count). The van der Waals surface area contributed by atoms with Crippen LogP contribution in [0.15, 0.2) is 12.2 Å². The van der Waals surface area contributed by atoms with Crippen molar-refractivity contribution in [2.45, 2.75) is 40.0 Å². The van der Waals surface area contributed by atoms with E-state index in [1.165, 1.54) is 0 Å². The van der Waals surface area contributed by atoms with Crippen LogP contribution in [0.1, 0.15) is 38.6 Å². The lowest BCUT2D eigenvalue weighted by Crippen LogP contribution is -2.20. The van der Waals surface area contributed by atoms with Crippen molar-refractivity contribution >= 4 is 11.6 Å².